The number of likely N-dealkylation sites (N-methyl/N-ethyl adjacent to an activating group) is 1. The van der Waals surface area contributed by atoms with Crippen molar-refractivity contribution in [2.45, 2.75) is 31.3 Å². The van der Waals surface area contributed by atoms with Crippen LogP contribution in [0.1, 0.15) is 19.3 Å². The summed E-state index contributed by atoms with van der Waals surface area (Å²) in [5, 5.41) is 9.24. The van der Waals surface area contributed by atoms with Crippen LogP contribution in [-0.4, -0.2) is 29.1 Å². The van der Waals surface area contributed by atoms with Crippen molar-refractivity contribution >= 4 is 0 Å². The number of rotatable bonds is 0. The van der Waals surface area contributed by atoms with Crippen molar-refractivity contribution in [1.29, 1.82) is 0 Å². The van der Waals surface area contributed by atoms with Gasteiger partial charge in [-0.15, -0.1) is 0 Å². The van der Waals surface area contributed by atoms with Crippen LogP contribution in [-0.2, 0) is 0 Å². The molecule has 0 aliphatic carbocycles. The lowest BCUT2D eigenvalue weighted by atomic mass is 10.1. The molecule has 2 atom stereocenters. The molecule has 2 aliphatic rings. The van der Waals surface area contributed by atoms with Gasteiger partial charge in [0.15, 0.2) is 0 Å². The van der Waals surface area contributed by atoms with E-state index < -0.39 is 0 Å². The van der Waals surface area contributed by atoms with Gasteiger partial charge >= 0.3 is 0 Å². The summed E-state index contributed by atoms with van der Waals surface area (Å²) in [4.78, 5) is 2.36. The molecular formula is C8H13NO. The fourth-order valence-electron chi connectivity index (χ4n) is 2.02. The summed E-state index contributed by atoms with van der Waals surface area (Å²) in [7, 11) is 2.14. The summed E-state index contributed by atoms with van der Waals surface area (Å²) >= 11 is 0. The number of nitrogens with zero attached hydrogens (tertiary/aromatic N) is 1. The second kappa shape index (κ2) is 1.99. The molecule has 0 aromatic heterocycles. The van der Waals surface area contributed by atoms with Crippen LogP contribution in [0.4, 0.5) is 0 Å². The van der Waals surface area contributed by atoms with E-state index in [9.17, 15) is 5.11 Å². The maximum atomic E-state index is 9.24. The van der Waals surface area contributed by atoms with Crippen LogP contribution in [0.3, 0.4) is 0 Å². The van der Waals surface area contributed by atoms with E-state index in [1.54, 1.807) is 0 Å². The average Bonchev–Trinajstić information content (AvgIpc) is 2.20. The highest BCUT2D eigenvalue weighted by molar-refractivity contribution is 5.11. The first kappa shape index (κ1) is 6.23. The molecule has 2 heteroatoms. The van der Waals surface area contributed by atoms with Gasteiger partial charge in [-0.25, -0.2) is 0 Å². The molecule has 2 nitrogen and oxygen atoms in total. The Kier molecular flexibility index (Phi) is 1.24. The van der Waals surface area contributed by atoms with E-state index in [0.29, 0.717) is 17.8 Å². The van der Waals surface area contributed by atoms with Crippen LogP contribution in [0, 0.1) is 0 Å². The summed E-state index contributed by atoms with van der Waals surface area (Å²) in [5.41, 5.74) is 0. The Morgan fingerprint density at radius 3 is 3.10 bits per heavy atom. The molecule has 0 aromatic carbocycles. The lowest BCUT2D eigenvalue weighted by Gasteiger charge is -2.27. The molecule has 0 radical (unpaired) electrons. The molecule has 2 heterocycles. The molecular weight excluding hydrogens is 126 g/mol. The highest BCUT2D eigenvalue weighted by Crippen LogP contribution is 2.31. The minimum atomic E-state index is 0.527. The molecule has 2 bridgehead atoms. The monoisotopic (exact) mass is 139 g/mol. The van der Waals surface area contributed by atoms with Crippen LogP contribution in [0.2, 0.25) is 0 Å². The van der Waals surface area contributed by atoms with Crippen molar-refractivity contribution in [2.24, 2.45) is 0 Å². The van der Waals surface area contributed by atoms with Crippen LogP contribution in [0.15, 0.2) is 11.8 Å². The van der Waals surface area contributed by atoms with Gasteiger partial charge in [0, 0.05) is 18.5 Å². The normalized spacial score (nSPS) is 39.9. The molecule has 1 saturated heterocycles. The minimum absolute atomic E-state index is 0.527. The Bertz CT molecular complexity index is 176. The zero-order valence-corrected chi connectivity index (χ0v) is 6.25. The molecule has 0 aromatic rings. The number of aliphatic hydroxyl groups excluding tert-OH is 1. The average molecular weight is 139 g/mol. The Morgan fingerprint density at radius 1 is 1.60 bits per heavy atom. The SMILES string of the molecule is CN1[C@@H]2CC[C@H]1C=C(O)C2. The summed E-state index contributed by atoms with van der Waals surface area (Å²) in [6, 6.07) is 1.15. The molecule has 0 spiro atoms. The van der Waals surface area contributed by atoms with E-state index >= 15 is 0 Å². The molecule has 56 valence electrons. The highest BCUT2D eigenvalue weighted by Gasteiger charge is 2.33. The van der Waals surface area contributed by atoms with E-state index in [0.717, 1.165) is 6.42 Å². The number of hydrogen-bond donors (Lipinski definition) is 1. The third-order valence-electron chi connectivity index (χ3n) is 2.72. The maximum Gasteiger partial charge on any atom is 0.0914 e. The molecule has 0 unspecified atom stereocenters. The number of hydrogen-bond acceptors (Lipinski definition) is 2. The van der Waals surface area contributed by atoms with Crippen LogP contribution >= 0.6 is 0 Å². The van der Waals surface area contributed by atoms with Gasteiger partial charge in [-0.3, -0.25) is 4.90 Å². The van der Waals surface area contributed by atoms with Gasteiger partial charge in [-0.05, 0) is 26.0 Å². The summed E-state index contributed by atoms with van der Waals surface area (Å²) in [6.07, 6.45) is 5.34. The predicted octanol–water partition coefficient (Wildman–Crippen LogP) is 1.29. The third-order valence-corrected chi connectivity index (χ3v) is 2.72. The number of aliphatic hydroxyl groups is 1. The van der Waals surface area contributed by atoms with Gasteiger partial charge in [-0.2, -0.15) is 0 Å². The Balaban J connectivity index is 2.24. The van der Waals surface area contributed by atoms with Gasteiger partial charge in [0.05, 0.1) is 5.76 Å². The maximum absolute atomic E-state index is 9.24. The van der Waals surface area contributed by atoms with Gasteiger partial charge in [0.1, 0.15) is 0 Å². The van der Waals surface area contributed by atoms with E-state index in [1.165, 1.54) is 12.8 Å². The summed E-state index contributed by atoms with van der Waals surface area (Å²) < 4.78 is 0. The first-order valence-electron chi connectivity index (χ1n) is 3.89. The predicted molar refractivity (Wildman–Crippen MR) is 39.9 cm³/mol. The molecule has 1 N–H and O–H groups in total. The van der Waals surface area contributed by atoms with Crippen LogP contribution < -0.4 is 0 Å². The van der Waals surface area contributed by atoms with E-state index in [4.69, 9.17) is 0 Å². The Hall–Kier alpha value is -0.500. The summed E-state index contributed by atoms with van der Waals surface area (Å²) in [5.74, 6) is 0.602. The van der Waals surface area contributed by atoms with Crippen LogP contribution in [0.25, 0.3) is 0 Å². The van der Waals surface area contributed by atoms with Crippen LogP contribution in [0.5, 0.6) is 0 Å². The molecule has 0 saturated carbocycles. The van der Waals surface area contributed by atoms with E-state index in [2.05, 4.69) is 11.9 Å². The molecule has 2 rings (SSSR count). The smallest absolute Gasteiger partial charge is 0.0914 e. The molecule has 0 amide bonds. The zero-order valence-electron chi connectivity index (χ0n) is 6.25. The first-order valence-corrected chi connectivity index (χ1v) is 3.89. The quantitative estimate of drug-likeness (QED) is 0.546. The van der Waals surface area contributed by atoms with Gasteiger partial charge in [-0.1, -0.05) is 0 Å². The third kappa shape index (κ3) is 0.754. The van der Waals surface area contributed by atoms with E-state index in [1.807, 2.05) is 6.08 Å². The second-order valence-corrected chi connectivity index (χ2v) is 3.33. The van der Waals surface area contributed by atoms with Crippen molar-refractivity contribution < 1.29 is 5.11 Å². The minimum Gasteiger partial charge on any atom is -0.513 e. The Labute approximate surface area is 61.1 Å². The first-order chi connectivity index (χ1) is 4.77. The second-order valence-electron chi connectivity index (χ2n) is 3.33. The standard InChI is InChI=1S/C8H13NO/c1-9-6-2-3-7(9)5-8(10)4-6/h4,6-7,10H,2-3,5H2,1H3/t6-,7+/m0/s1. The zero-order chi connectivity index (χ0) is 7.14. The lowest BCUT2D eigenvalue weighted by Crippen LogP contribution is -2.34. The fraction of sp³-hybridized carbons (Fsp3) is 0.750. The van der Waals surface area contributed by atoms with Gasteiger partial charge in [0.25, 0.3) is 0 Å². The lowest BCUT2D eigenvalue weighted by molar-refractivity contribution is 0.217. The number of fused-ring (bicyclic) bond motifs is 2. The largest absolute Gasteiger partial charge is 0.513 e. The van der Waals surface area contributed by atoms with E-state index in [-0.39, 0.29) is 0 Å². The van der Waals surface area contributed by atoms with Gasteiger partial charge < -0.3 is 5.11 Å². The topological polar surface area (TPSA) is 23.5 Å². The Morgan fingerprint density at radius 2 is 2.40 bits per heavy atom. The van der Waals surface area contributed by atoms with Crippen molar-refractivity contribution in [3.63, 3.8) is 0 Å². The van der Waals surface area contributed by atoms with Crippen molar-refractivity contribution in [3.8, 4) is 0 Å². The molecule has 1 fully saturated rings. The molecule has 10 heavy (non-hydrogen) atoms. The van der Waals surface area contributed by atoms with Crippen molar-refractivity contribution in [1.82, 2.24) is 4.90 Å². The van der Waals surface area contributed by atoms with Gasteiger partial charge in [0.2, 0.25) is 0 Å². The van der Waals surface area contributed by atoms with Crippen molar-refractivity contribution in [3.05, 3.63) is 11.8 Å². The van der Waals surface area contributed by atoms with Crippen molar-refractivity contribution in [2.75, 3.05) is 7.05 Å². The molecule has 2 aliphatic heterocycles. The fourth-order valence-corrected chi connectivity index (χ4v) is 2.02. The summed E-state index contributed by atoms with van der Waals surface area (Å²) in [6.45, 7) is 0. The highest BCUT2D eigenvalue weighted by atomic mass is 16.3.